The molecule has 0 fully saturated rings. The zero-order valence-electron chi connectivity index (χ0n) is 8.09. The molecule has 15 heavy (non-hydrogen) atoms. The van der Waals surface area contributed by atoms with Gasteiger partial charge in [-0.15, -0.1) is 0 Å². The van der Waals surface area contributed by atoms with Crippen molar-refractivity contribution >= 4 is 6.08 Å². The number of ether oxygens (including phenoxy) is 2. The Morgan fingerprint density at radius 3 is 3.00 bits per heavy atom. The molecule has 2 heteroatoms. The molecule has 2 nitrogen and oxygen atoms in total. The van der Waals surface area contributed by atoms with Crippen molar-refractivity contribution in [3.8, 4) is 5.75 Å². The molecule has 1 aromatic carbocycles. The molecule has 0 amide bonds. The van der Waals surface area contributed by atoms with Gasteiger partial charge in [0.25, 0.3) is 0 Å². The van der Waals surface area contributed by atoms with Crippen molar-refractivity contribution in [3.63, 3.8) is 0 Å². The normalized spacial score (nSPS) is 21.6. The third-order valence-electron chi connectivity index (χ3n) is 2.49. The quantitative estimate of drug-likeness (QED) is 0.638. The summed E-state index contributed by atoms with van der Waals surface area (Å²) in [4.78, 5) is 0. The topological polar surface area (TPSA) is 18.5 Å². The van der Waals surface area contributed by atoms with Gasteiger partial charge >= 0.3 is 0 Å². The minimum absolute atomic E-state index is 0.0290. The van der Waals surface area contributed by atoms with Gasteiger partial charge in [-0.05, 0) is 24.3 Å². The van der Waals surface area contributed by atoms with Gasteiger partial charge in [0.05, 0.1) is 12.5 Å². The molecule has 1 unspecified atom stereocenters. The summed E-state index contributed by atoms with van der Waals surface area (Å²) < 4.78 is 10.9. The zero-order valence-corrected chi connectivity index (χ0v) is 8.09. The Kier molecular flexibility index (Phi) is 1.85. The van der Waals surface area contributed by atoms with Crippen LogP contribution < -0.4 is 4.74 Å². The largest absolute Gasteiger partial charge is 0.481 e. The van der Waals surface area contributed by atoms with E-state index in [-0.39, 0.29) is 6.10 Å². The van der Waals surface area contributed by atoms with Crippen LogP contribution in [0.4, 0.5) is 0 Å². The lowest BCUT2D eigenvalue weighted by molar-refractivity contribution is 0.281. The molecule has 1 atom stereocenters. The minimum atomic E-state index is -0.0290. The molecule has 2 aliphatic rings. The van der Waals surface area contributed by atoms with Gasteiger partial charge in [0.2, 0.25) is 0 Å². The maximum absolute atomic E-state index is 5.83. The molecule has 2 aliphatic heterocycles. The fourth-order valence-corrected chi connectivity index (χ4v) is 1.75. The van der Waals surface area contributed by atoms with Crippen LogP contribution in [0, 0.1) is 0 Å². The second-order valence-electron chi connectivity index (χ2n) is 3.49. The molecule has 3 rings (SSSR count). The second kappa shape index (κ2) is 3.31. The van der Waals surface area contributed by atoms with Gasteiger partial charge < -0.3 is 9.47 Å². The van der Waals surface area contributed by atoms with Gasteiger partial charge in [0.1, 0.15) is 11.9 Å². The number of benzene rings is 1. The van der Waals surface area contributed by atoms with Crippen LogP contribution in [-0.4, -0.2) is 6.10 Å². The molecule has 0 saturated carbocycles. The maximum Gasteiger partial charge on any atom is 0.145 e. The Hall–Kier alpha value is -1.96. The van der Waals surface area contributed by atoms with Crippen LogP contribution >= 0.6 is 0 Å². The predicted molar refractivity (Wildman–Crippen MR) is 58.2 cm³/mol. The van der Waals surface area contributed by atoms with Gasteiger partial charge in [-0.25, -0.2) is 0 Å². The second-order valence-corrected chi connectivity index (χ2v) is 3.49. The minimum Gasteiger partial charge on any atom is -0.481 e. The van der Waals surface area contributed by atoms with E-state index in [9.17, 15) is 0 Å². The van der Waals surface area contributed by atoms with Crippen LogP contribution in [0.2, 0.25) is 0 Å². The lowest BCUT2D eigenvalue weighted by Gasteiger charge is -2.22. The van der Waals surface area contributed by atoms with Gasteiger partial charge in [0.15, 0.2) is 0 Å². The van der Waals surface area contributed by atoms with Crippen molar-refractivity contribution < 1.29 is 9.47 Å². The Morgan fingerprint density at radius 1 is 1.07 bits per heavy atom. The van der Waals surface area contributed by atoms with Crippen LogP contribution in [-0.2, 0) is 4.74 Å². The van der Waals surface area contributed by atoms with Crippen LogP contribution in [0.25, 0.3) is 6.08 Å². The molecular formula is C13H10O2. The zero-order chi connectivity index (χ0) is 10.1. The molecule has 0 spiro atoms. The first-order valence-electron chi connectivity index (χ1n) is 4.89. The van der Waals surface area contributed by atoms with Crippen molar-refractivity contribution in [2.75, 3.05) is 0 Å². The maximum atomic E-state index is 5.83. The van der Waals surface area contributed by atoms with Gasteiger partial charge in [0, 0.05) is 11.1 Å². The van der Waals surface area contributed by atoms with Crippen LogP contribution in [0.15, 0.2) is 54.5 Å². The number of para-hydroxylation sites is 1. The highest BCUT2D eigenvalue weighted by atomic mass is 16.5. The summed E-state index contributed by atoms with van der Waals surface area (Å²) in [6, 6.07) is 8.00. The lowest BCUT2D eigenvalue weighted by Crippen LogP contribution is -2.18. The van der Waals surface area contributed by atoms with Crippen molar-refractivity contribution in [2.24, 2.45) is 0 Å². The number of hydrogen-bond donors (Lipinski definition) is 0. The summed E-state index contributed by atoms with van der Waals surface area (Å²) >= 11 is 0. The van der Waals surface area contributed by atoms with Crippen molar-refractivity contribution in [2.45, 2.75) is 6.10 Å². The number of rotatable bonds is 0. The van der Waals surface area contributed by atoms with Crippen LogP contribution in [0.1, 0.15) is 5.56 Å². The highest BCUT2D eigenvalue weighted by molar-refractivity contribution is 5.66. The molecule has 0 aliphatic carbocycles. The van der Waals surface area contributed by atoms with E-state index in [0.717, 1.165) is 16.9 Å². The first-order valence-corrected chi connectivity index (χ1v) is 4.89. The van der Waals surface area contributed by atoms with E-state index in [4.69, 9.17) is 9.47 Å². The molecule has 0 N–H and O–H groups in total. The lowest BCUT2D eigenvalue weighted by atomic mass is 10.0. The monoisotopic (exact) mass is 198 g/mol. The summed E-state index contributed by atoms with van der Waals surface area (Å²) in [7, 11) is 0. The van der Waals surface area contributed by atoms with E-state index in [1.807, 2.05) is 36.4 Å². The molecule has 0 radical (unpaired) electrons. The SMILES string of the molecule is C1=CC2=Cc3ccccc3OC2C=CO1. The molecular weight excluding hydrogens is 188 g/mol. The fraction of sp³-hybridized carbons (Fsp3) is 0.0769. The molecule has 0 saturated heterocycles. The molecule has 74 valence electrons. The van der Waals surface area contributed by atoms with E-state index in [2.05, 4.69) is 6.08 Å². The van der Waals surface area contributed by atoms with Gasteiger partial charge in [-0.1, -0.05) is 18.2 Å². The summed E-state index contributed by atoms with van der Waals surface area (Å²) in [5.41, 5.74) is 2.23. The van der Waals surface area contributed by atoms with E-state index in [1.54, 1.807) is 12.5 Å². The fourth-order valence-electron chi connectivity index (χ4n) is 1.75. The van der Waals surface area contributed by atoms with Crippen molar-refractivity contribution in [1.29, 1.82) is 0 Å². The average molecular weight is 198 g/mol. The summed E-state index contributed by atoms with van der Waals surface area (Å²) in [5.74, 6) is 0.922. The van der Waals surface area contributed by atoms with Gasteiger partial charge in [-0.2, -0.15) is 0 Å². The van der Waals surface area contributed by atoms with Crippen molar-refractivity contribution in [3.05, 3.63) is 60.1 Å². The summed E-state index contributed by atoms with van der Waals surface area (Å²) in [5, 5.41) is 0. The first-order chi connectivity index (χ1) is 7.43. The van der Waals surface area contributed by atoms with E-state index >= 15 is 0 Å². The Labute approximate surface area is 88.1 Å². The summed E-state index contributed by atoms with van der Waals surface area (Å²) in [6.45, 7) is 0. The van der Waals surface area contributed by atoms with Gasteiger partial charge in [-0.3, -0.25) is 0 Å². The predicted octanol–water partition coefficient (Wildman–Crippen LogP) is 2.89. The molecule has 0 bridgehead atoms. The molecule has 1 aromatic rings. The average Bonchev–Trinajstić information content (AvgIpc) is 2.50. The standard InChI is InChI=1S/C13H10O2/c1-2-4-12-10(3-1)9-11-5-7-14-8-6-13(11)15-12/h1-9,13H. The molecule has 0 aromatic heterocycles. The summed E-state index contributed by atoms with van der Waals surface area (Å²) in [6.07, 6.45) is 9.25. The van der Waals surface area contributed by atoms with E-state index in [1.165, 1.54) is 0 Å². The highest BCUT2D eigenvalue weighted by Crippen LogP contribution is 2.31. The highest BCUT2D eigenvalue weighted by Gasteiger charge is 2.19. The van der Waals surface area contributed by atoms with Crippen LogP contribution in [0.5, 0.6) is 5.75 Å². The number of fused-ring (bicyclic) bond motifs is 2. The third-order valence-corrected chi connectivity index (χ3v) is 2.49. The Bertz CT molecular complexity index is 469. The van der Waals surface area contributed by atoms with E-state index in [0.29, 0.717) is 0 Å². The smallest absolute Gasteiger partial charge is 0.145 e. The molecule has 2 heterocycles. The van der Waals surface area contributed by atoms with Crippen molar-refractivity contribution in [1.82, 2.24) is 0 Å². The number of hydrogen-bond acceptors (Lipinski definition) is 2. The third kappa shape index (κ3) is 1.44. The Balaban J connectivity index is 2.10. The van der Waals surface area contributed by atoms with Crippen LogP contribution in [0.3, 0.4) is 0 Å². The van der Waals surface area contributed by atoms with E-state index < -0.39 is 0 Å². The first kappa shape index (κ1) is 8.36. The Morgan fingerprint density at radius 2 is 2.00 bits per heavy atom.